The molecule has 31 heavy (non-hydrogen) atoms. The summed E-state index contributed by atoms with van der Waals surface area (Å²) < 4.78 is 11.0. The molecule has 0 aliphatic heterocycles. The molecule has 0 unspecified atom stereocenters. The molecule has 1 aliphatic carbocycles. The Morgan fingerprint density at radius 3 is 2.23 bits per heavy atom. The maximum atomic E-state index is 13.5. The van der Waals surface area contributed by atoms with Gasteiger partial charge in [-0.15, -0.1) is 0 Å². The maximum absolute atomic E-state index is 13.5. The van der Waals surface area contributed by atoms with E-state index >= 15 is 0 Å². The summed E-state index contributed by atoms with van der Waals surface area (Å²) in [5.74, 6) is 0.274. The first-order valence-corrected chi connectivity index (χ1v) is 10.9. The number of amides is 2. The molecule has 6 nitrogen and oxygen atoms in total. The summed E-state index contributed by atoms with van der Waals surface area (Å²) in [5.41, 5.74) is 1.76. The van der Waals surface area contributed by atoms with Gasteiger partial charge in [0.1, 0.15) is 5.76 Å². The third-order valence-electron chi connectivity index (χ3n) is 5.81. The van der Waals surface area contributed by atoms with E-state index in [1.807, 2.05) is 24.3 Å². The normalized spacial score (nSPS) is 15.2. The van der Waals surface area contributed by atoms with Crippen LogP contribution in [0.4, 0.5) is 5.69 Å². The van der Waals surface area contributed by atoms with Gasteiger partial charge in [-0.25, -0.2) is 0 Å². The average Bonchev–Trinajstić information content (AvgIpc) is 3.55. The molecule has 0 radical (unpaired) electrons. The van der Waals surface area contributed by atoms with Crippen molar-refractivity contribution < 1.29 is 18.4 Å². The van der Waals surface area contributed by atoms with E-state index in [-0.39, 0.29) is 17.7 Å². The molecule has 1 saturated carbocycles. The second-order valence-corrected chi connectivity index (χ2v) is 8.31. The summed E-state index contributed by atoms with van der Waals surface area (Å²) in [7, 11) is 0. The molecule has 3 aromatic rings. The average molecular weight is 421 g/mol. The van der Waals surface area contributed by atoms with Gasteiger partial charge in [0, 0.05) is 11.7 Å². The van der Waals surface area contributed by atoms with Gasteiger partial charge in [-0.05, 0) is 60.7 Å². The number of carbonyl (C=O) groups excluding carboxylic acids is 2. The van der Waals surface area contributed by atoms with Crippen LogP contribution >= 0.6 is 0 Å². The Bertz CT molecular complexity index is 985. The molecule has 1 aliphatic rings. The fourth-order valence-corrected chi connectivity index (χ4v) is 4.09. The molecule has 1 N–H and O–H groups in total. The van der Waals surface area contributed by atoms with Gasteiger partial charge in [0.05, 0.1) is 12.5 Å². The minimum Gasteiger partial charge on any atom is -0.467 e. The van der Waals surface area contributed by atoms with Crippen LogP contribution < -0.4 is 10.2 Å². The highest BCUT2D eigenvalue weighted by atomic mass is 16.3. The predicted molar refractivity (Wildman–Crippen MR) is 118 cm³/mol. The molecule has 2 aromatic heterocycles. The van der Waals surface area contributed by atoms with Crippen molar-refractivity contribution in [2.45, 2.75) is 57.5 Å². The topological polar surface area (TPSA) is 75.7 Å². The molecule has 1 aromatic carbocycles. The van der Waals surface area contributed by atoms with Gasteiger partial charge in [0.2, 0.25) is 0 Å². The van der Waals surface area contributed by atoms with E-state index in [0.717, 1.165) is 31.2 Å². The minimum absolute atomic E-state index is 0.119. The molecule has 1 atom stereocenters. The molecule has 0 saturated heterocycles. The zero-order chi connectivity index (χ0) is 21.8. The van der Waals surface area contributed by atoms with Crippen LogP contribution in [0.3, 0.4) is 0 Å². The summed E-state index contributed by atoms with van der Waals surface area (Å²) >= 11 is 0. The summed E-state index contributed by atoms with van der Waals surface area (Å²) in [6.45, 7) is 4.23. The van der Waals surface area contributed by atoms with E-state index in [0.29, 0.717) is 17.4 Å². The third-order valence-corrected chi connectivity index (χ3v) is 5.81. The fourth-order valence-electron chi connectivity index (χ4n) is 4.09. The van der Waals surface area contributed by atoms with Gasteiger partial charge < -0.3 is 14.2 Å². The summed E-state index contributed by atoms with van der Waals surface area (Å²) in [6.07, 6.45) is 7.07. The lowest BCUT2D eigenvalue weighted by atomic mass is 10.0. The lowest BCUT2D eigenvalue weighted by Gasteiger charge is -2.30. The minimum atomic E-state index is -0.946. The van der Waals surface area contributed by atoms with Gasteiger partial charge in [-0.2, -0.15) is 0 Å². The number of nitrogens with zero attached hydrogens (tertiary/aromatic N) is 1. The van der Waals surface area contributed by atoms with Gasteiger partial charge in [-0.3, -0.25) is 14.5 Å². The standard InChI is InChI=1S/C25H28N2O4/c1-17(2)18-11-13-20(14-12-18)27(25(29)22-10-6-16-31-22)23(21-9-5-15-30-21)24(28)26-19-7-3-4-8-19/h5-6,9-17,19,23H,3-4,7-8H2,1-2H3,(H,26,28)/t23-/m1/s1. The number of nitrogens with one attached hydrogen (secondary N) is 1. The zero-order valence-electron chi connectivity index (χ0n) is 17.9. The van der Waals surface area contributed by atoms with Crippen LogP contribution in [0, 0.1) is 0 Å². The Hall–Kier alpha value is -3.28. The lowest BCUT2D eigenvalue weighted by Crippen LogP contribution is -2.46. The number of anilines is 1. The Labute approximate surface area is 182 Å². The predicted octanol–water partition coefficient (Wildman–Crippen LogP) is 5.44. The van der Waals surface area contributed by atoms with Crippen LogP contribution in [0.25, 0.3) is 0 Å². The molecule has 1 fully saturated rings. The van der Waals surface area contributed by atoms with Crippen molar-refractivity contribution in [2.24, 2.45) is 0 Å². The van der Waals surface area contributed by atoms with Crippen molar-refractivity contribution in [3.63, 3.8) is 0 Å². The Morgan fingerprint density at radius 2 is 1.65 bits per heavy atom. The van der Waals surface area contributed by atoms with Crippen LogP contribution in [-0.4, -0.2) is 17.9 Å². The zero-order valence-corrected chi connectivity index (χ0v) is 17.9. The Balaban J connectivity index is 1.75. The van der Waals surface area contributed by atoms with Crippen LogP contribution in [0.15, 0.2) is 69.9 Å². The van der Waals surface area contributed by atoms with E-state index in [2.05, 4.69) is 19.2 Å². The number of furan rings is 2. The smallest absolute Gasteiger partial charge is 0.295 e. The highest BCUT2D eigenvalue weighted by Crippen LogP contribution is 2.32. The summed E-state index contributed by atoms with van der Waals surface area (Å²) in [5, 5.41) is 3.12. The third kappa shape index (κ3) is 4.58. The molecule has 2 amide bonds. The van der Waals surface area contributed by atoms with Crippen molar-refractivity contribution in [3.05, 3.63) is 78.1 Å². The van der Waals surface area contributed by atoms with Gasteiger partial charge in [0.15, 0.2) is 11.8 Å². The van der Waals surface area contributed by atoms with Gasteiger partial charge >= 0.3 is 0 Å². The highest BCUT2D eigenvalue weighted by molar-refractivity contribution is 6.08. The lowest BCUT2D eigenvalue weighted by molar-refractivity contribution is -0.123. The first-order chi connectivity index (χ1) is 15.0. The Kier molecular flexibility index (Phi) is 6.26. The van der Waals surface area contributed by atoms with Crippen LogP contribution in [0.2, 0.25) is 0 Å². The van der Waals surface area contributed by atoms with E-state index in [1.54, 1.807) is 24.3 Å². The van der Waals surface area contributed by atoms with E-state index in [1.165, 1.54) is 17.4 Å². The van der Waals surface area contributed by atoms with Crippen LogP contribution in [0.1, 0.15) is 73.4 Å². The van der Waals surface area contributed by atoms with Crippen molar-refractivity contribution in [3.8, 4) is 0 Å². The number of hydrogen-bond acceptors (Lipinski definition) is 4. The number of carbonyl (C=O) groups is 2. The monoisotopic (exact) mass is 420 g/mol. The second kappa shape index (κ2) is 9.25. The fraction of sp³-hybridized carbons (Fsp3) is 0.360. The molecular formula is C25H28N2O4. The maximum Gasteiger partial charge on any atom is 0.295 e. The summed E-state index contributed by atoms with van der Waals surface area (Å²) in [4.78, 5) is 28.4. The molecule has 4 rings (SSSR count). The highest BCUT2D eigenvalue weighted by Gasteiger charge is 2.37. The van der Waals surface area contributed by atoms with Crippen LogP contribution in [-0.2, 0) is 4.79 Å². The number of hydrogen-bond donors (Lipinski definition) is 1. The first-order valence-electron chi connectivity index (χ1n) is 10.9. The van der Waals surface area contributed by atoms with E-state index in [9.17, 15) is 9.59 Å². The number of rotatable bonds is 7. The molecule has 0 spiro atoms. The number of benzene rings is 1. The molecule has 6 heteroatoms. The van der Waals surface area contributed by atoms with E-state index < -0.39 is 11.9 Å². The molecule has 0 bridgehead atoms. The SMILES string of the molecule is CC(C)c1ccc(N(C(=O)c2ccco2)[C@@H](C(=O)NC2CCCC2)c2ccco2)cc1. The van der Waals surface area contributed by atoms with Gasteiger partial charge in [0.25, 0.3) is 11.8 Å². The molecule has 2 heterocycles. The van der Waals surface area contributed by atoms with Crippen molar-refractivity contribution in [1.82, 2.24) is 5.32 Å². The molecule has 162 valence electrons. The molecular weight excluding hydrogens is 392 g/mol. The first kappa shape index (κ1) is 21.0. The van der Waals surface area contributed by atoms with E-state index in [4.69, 9.17) is 8.83 Å². The van der Waals surface area contributed by atoms with Crippen molar-refractivity contribution in [1.29, 1.82) is 0 Å². The largest absolute Gasteiger partial charge is 0.467 e. The quantitative estimate of drug-likeness (QED) is 0.552. The van der Waals surface area contributed by atoms with Gasteiger partial charge in [-0.1, -0.05) is 38.8 Å². The van der Waals surface area contributed by atoms with Crippen LogP contribution in [0.5, 0.6) is 0 Å². The Morgan fingerprint density at radius 1 is 0.968 bits per heavy atom. The van der Waals surface area contributed by atoms with Crippen molar-refractivity contribution >= 4 is 17.5 Å². The summed E-state index contributed by atoms with van der Waals surface area (Å²) in [6, 6.07) is 13.6. The van der Waals surface area contributed by atoms with Crippen molar-refractivity contribution in [2.75, 3.05) is 4.90 Å². The second-order valence-electron chi connectivity index (χ2n) is 8.31.